The molecule has 1 atom stereocenters. The van der Waals surface area contributed by atoms with Gasteiger partial charge in [-0.25, -0.2) is 4.79 Å². The van der Waals surface area contributed by atoms with Gasteiger partial charge in [0.1, 0.15) is 23.0 Å². The molecule has 2 fully saturated rings. The van der Waals surface area contributed by atoms with Crippen molar-refractivity contribution in [3.63, 3.8) is 0 Å². The molecule has 126 valence electrons. The lowest BCUT2D eigenvalue weighted by molar-refractivity contribution is -0.0172. The van der Waals surface area contributed by atoms with Crippen LogP contribution in [-0.4, -0.2) is 54.5 Å². The van der Waals surface area contributed by atoms with Crippen molar-refractivity contribution in [2.24, 2.45) is 0 Å². The topological polar surface area (TPSA) is 60.9 Å². The van der Waals surface area contributed by atoms with Gasteiger partial charge in [0.15, 0.2) is 0 Å². The molecule has 1 aromatic heterocycles. The number of amides is 1. The molecule has 23 heavy (non-hydrogen) atoms. The van der Waals surface area contributed by atoms with Gasteiger partial charge in [-0.3, -0.25) is 4.98 Å². The first-order valence-electron chi connectivity index (χ1n) is 8.02. The summed E-state index contributed by atoms with van der Waals surface area (Å²) in [6.07, 6.45) is 6.14. The molecule has 0 unspecified atom stereocenters. The third kappa shape index (κ3) is 4.48. The molecule has 3 heterocycles. The molecule has 6 nitrogen and oxygen atoms in total. The van der Waals surface area contributed by atoms with Crippen LogP contribution < -0.4 is 4.74 Å². The Balaban J connectivity index is 1.53. The van der Waals surface area contributed by atoms with Gasteiger partial charge in [-0.2, -0.15) is 0 Å². The molecule has 2 aliphatic heterocycles. The standard InChI is InChI=1S/C16H21ClN2O4/c17-14-10-18-6-3-15(14)22-13-2-1-7-19(11-13)16(20)23-12-4-8-21-9-5-12/h3,6,10,12-13H,1-2,4-5,7-9,11H2/t13-/m1/s1. The number of hydrogen-bond acceptors (Lipinski definition) is 5. The van der Waals surface area contributed by atoms with E-state index in [1.54, 1.807) is 23.4 Å². The van der Waals surface area contributed by atoms with E-state index < -0.39 is 0 Å². The van der Waals surface area contributed by atoms with Gasteiger partial charge in [-0.1, -0.05) is 11.6 Å². The largest absolute Gasteiger partial charge is 0.487 e. The first kappa shape index (κ1) is 16.3. The summed E-state index contributed by atoms with van der Waals surface area (Å²) in [6, 6.07) is 1.74. The fraction of sp³-hybridized carbons (Fsp3) is 0.625. The van der Waals surface area contributed by atoms with Crippen LogP contribution in [0.4, 0.5) is 4.79 Å². The number of ether oxygens (including phenoxy) is 3. The number of likely N-dealkylation sites (tertiary alicyclic amines) is 1. The number of carbonyl (C=O) groups is 1. The van der Waals surface area contributed by atoms with Crippen LogP contribution in [0.5, 0.6) is 5.75 Å². The SMILES string of the molecule is O=C(OC1CCOCC1)N1CCC[C@@H](Oc2ccncc2Cl)C1. The number of hydrogen-bond donors (Lipinski definition) is 0. The molecule has 2 saturated heterocycles. The van der Waals surface area contributed by atoms with Crippen molar-refractivity contribution in [1.82, 2.24) is 9.88 Å². The van der Waals surface area contributed by atoms with E-state index in [1.165, 1.54) is 0 Å². The monoisotopic (exact) mass is 340 g/mol. The van der Waals surface area contributed by atoms with Gasteiger partial charge < -0.3 is 19.1 Å². The van der Waals surface area contributed by atoms with E-state index in [9.17, 15) is 4.79 Å². The van der Waals surface area contributed by atoms with Crippen molar-refractivity contribution >= 4 is 17.7 Å². The summed E-state index contributed by atoms with van der Waals surface area (Å²) in [6.45, 7) is 2.53. The van der Waals surface area contributed by atoms with Crippen LogP contribution in [0.25, 0.3) is 0 Å². The molecule has 1 aromatic rings. The smallest absolute Gasteiger partial charge is 0.410 e. The first-order chi connectivity index (χ1) is 11.2. The lowest BCUT2D eigenvalue weighted by atomic mass is 10.1. The lowest BCUT2D eigenvalue weighted by Crippen LogP contribution is -2.45. The highest BCUT2D eigenvalue weighted by molar-refractivity contribution is 6.31. The predicted octanol–water partition coefficient (Wildman–Crippen LogP) is 2.89. The summed E-state index contributed by atoms with van der Waals surface area (Å²) >= 11 is 6.07. The maximum absolute atomic E-state index is 12.3. The summed E-state index contributed by atoms with van der Waals surface area (Å²) in [5.74, 6) is 0.603. The fourth-order valence-corrected chi connectivity index (χ4v) is 3.01. The van der Waals surface area contributed by atoms with E-state index in [4.69, 9.17) is 25.8 Å². The fourth-order valence-electron chi connectivity index (χ4n) is 2.85. The molecule has 7 heteroatoms. The van der Waals surface area contributed by atoms with Crippen molar-refractivity contribution in [2.45, 2.75) is 37.9 Å². The zero-order valence-electron chi connectivity index (χ0n) is 12.9. The maximum Gasteiger partial charge on any atom is 0.410 e. The number of pyridine rings is 1. The van der Waals surface area contributed by atoms with Crippen molar-refractivity contribution in [3.8, 4) is 5.75 Å². The van der Waals surface area contributed by atoms with E-state index >= 15 is 0 Å². The molecule has 0 spiro atoms. The highest BCUT2D eigenvalue weighted by atomic mass is 35.5. The molecule has 0 saturated carbocycles. The number of halogens is 1. The summed E-state index contributed by atoms with van der Waals surface area (Å²) in [7, 11) is 0. The zero-order valence-corrected chi connectivity index (χ0v) is 13.7. The van der Waals surface area contributed by atoms with Gasteiger partial charge in [0, 0.05) is 37.8 Å². The summed E-state index contributed by atoms with van der Waals surface area (Å²) in [5.41, 5.74) is 0. The van der Waals surface area contributed by atoms with Gasteiger partial charge in [0.25, 0.3) is 0 Å². The minimum absolute atomic E-state index is 0.0350. The Kier molecular flexibility index (Phi) is 5.56. The minimum Gasteiger partial charge on any atom is -0.487 e. The number of aromatic nitrogens is 1. The van der Waals surface area contributed by atoms with E-state index in [0.717, 1.165) is 25.7 Å². The van der Waals surface area contributed by atoms with E-state index in [2.05, 4.69) is 4.98 Å². The highest BCUT2D eigenvalue weighted by Crippen LogP contribution is 2.26. The van der Waals surface area contributed by atoms with Gasteiger partial charge in [0.05, 0.1) is 19.8 Å². The van der Waals surface area contributed by atoms with Crippen LogP contribution in [0.1, 0.15) is 25.7 Å². The predicted molar refractivity (Wildman–Crippen MR) is 84.8 cm³/mol. The summed E-state index contributed by atoms with van der Waals surface area (Å²) in [4.78, 5) is 18.0. The molecule has 0 aliphatic carbocycles. The molecule has 0 N–H and O–H groups in total. The third-order valence-electron chi connectivity index (χ3n) is 4.10. The minimum atomic E-state index is -0.258. The van der Waals surface area contributed by atoms with Crippen LogP contribution in [0.15, 0.2) is 18.5 Å². The summed E-state index contributed by atoms with van der Waals surface area (Å²) < 4.78 is 16.8. The van der Waals surface area contributed by atoms with Crippen LogP contribution in [0.3, 0.4) is 0 Å². The lowest BCUT2D eigenvalue weighted by Gasteiger charge is -2.33. The number of piperidine rings is 1. The number of rotatable bonds is 3. The average Bonchev–Trinajstić information content (AvgIpc) is 2.58. The average molecular weight is 341 g/mol. The normalized spacial score (nSPS) is 22.7. The Hall–Kier alpha value is -1.53. The number of nitrogens with zero attached hydrogens (tertiary/aromatic N) is 2. The summed E-state index contributed by atoms with van der Waals surface area (Å²) in [5, 5.41) is 0.481. The Morgan fingerprint density at radius 3 is 2.91 bits per heavy atom. The second-order valence-electron chi connectivity index (χ2n) is 5.83. The second-order valence-corrected chi connectivity index (χ2v) is 6.24. The first-order valence-corrected chi connectivity index (χ1v) is 8.39. The maximum atomic E-state index is 12.3. The quantitative estimate of drug-likeness (QED) is 0.846. The zero-order chi connectivity index (χ0) is 16.1. The van der Waals surface area contributed by atoms with Crippen molar-refractivity contribution in [2.75, 3.05) is 26.3 Å². The van der Waals surface area contributed by atoms with Crippen molar-refractivity contribution < 1.29 is 19.0 Å². The Bertz CT molecular complexity index is 537. The van der Waals surface area contributed by atoms with Gasteiger partial charge in [0.2, 0.25) is 0 Å². The van der Waals surface area contributed by atoms with Gasteiger partial charge in [-0.15, -0.1) is 0 Å². The Morgan fingerprint density at radius 1 is 1.30 bits per heavy atom. The molecule has 1 amide bonds. The van der Waals surface area contributed by atoms with Crippen LogP contribution in [-0.2, 0) is 9.47 Å². The molecule has 0 bridgehead atoms. The van der Waals surface area contributed by atoms with Gasteiger partial charge in [-0.05, 0) is 12.8 Å². The van der Waals surface area contributed by atoms with E-state index in [1.807, 2.05) is 0 Å². The van der Waals surface area contributed by atoms with Crippen LogP contribution in [0, 0.1) is 0 Å². The molecule has 3 rings (SSSR count). The van der Waals surface area contributed by atoms with E-state index in [-0.39, 0.29) is 18.3 Å². The second kappa shape index (κ2) is 7.84. The molecule has 0 radical (unpaired) electrons. The Labute approximate surface area is 140 Å². The molecular formula is C16H21ClN2O4. The molecule has 2 aliphatic rings. The van der Waals surface area contributed by atoms with Crippen molar-refractivity contribution in [3.05, 3.63) is 23.5 Å². The van der Waals surface area contributed by atoms with Crippen LogP contribution >= 0.6 is 11.6 Å². The van der Waals surface area contributed by atoms with E-state index in [0.29, 0.717) is 37.1 Å². The molecular weight excluding hydrogens is 320 g/mol. The third-order valence-corrected chi connectivity index (χ3v) is 4.38. The van der Waals surface area contributed by atoms with Crippen LogP contribution in [0.2, 0.25) is 5.02 Å². The number of carbonyl (C=O) groups excluding carboxylic acids is 1. The van der Waals surface area contributed by atoms with Gasteiger partial charge >= 0.3 is 6.09 Å². The van der Waals surface area contributed by atoms with Crippen molar-refractivity contribution in [1.29, 1.82) is 0 Å². The highest BCUT2D eigenvalue weighted by Gasteiger charge is 2.28. The Morgan fingerprint density at radius 2 is 2.13 bits per heavy atom. The molecule has 0 aromatic carbocycles.